The van der Waals surface area contributed by atoms with Gasteiger partial charge in [-0.2, -0.15) is 5.10 Å². The molecule has 0 aromatic carbocycles. The third-order valence-electron chi connectivity index (χ3n) is 1.53. The molecule has 0 saturated heterocycles. The molecular formula is C9H14N2O5. The highest BCUT2D eigenvalue weighted by molar-refractivity contribution is 6.35. The van der Waals surface area contributed by atoms with Gasteiger partial charge in [-0.05, 0) is 13.8 Å². The summed E-state index contributed by atoms with van der Waals surface area (Å²) in [6.45, 7) is 3.23. The molecule has 0 aliphatic carbocycles. The van der Waals surface area contributed by atoms with Crippen molar-refractivity contribution in [3.05, 3.63) is 0 Å². The first kappa shape index (κ1) is 14.1. The minimum absolute atomic E-state index is 0.0110. The van der Waals surface area contributed by atoms with Gasteiger partial charge in [-0.25, -0.2) is 9.80 Å². The predicted octanol–water partition coefficient (Wildman–Crippen LogP) is -0.142. The Morgan fingerprint density at radius 2 is 1.94 bits per heavy atom. The van der Waals surface area contributed by atoms with E-state index in [1.807, 2.05) is 0 Å². The Balaban J connectivity index is 4.45. The lowest BCUT2D eigenvalue weighted by molar-refractivity contribution is -0.143. The summed E-state index contributed by atoms with van der Waals surface area (Å²) in [4.78, 5) is 32.5. The van der Waals surface area contributed by atoms with Crippen LogP contribution in [0.15, 0.2) is 5.10 Å². The van der Waals surface area contributed by atoms with Crippen molar-refractivity contribution in [1.82, 2.24) is 5.01 Å². The molecule has 1 N–H and O–H groups in total. The lowest BCUT2D eigenvalue weighted by atomic mass is 10.4. The lowest BCUT2D eigenvalue weighted by Gasteiger charge is -2.10. The monoisotopic (exact) mass is 230 g/mol. The smallest absolute Gasteiger partial charge is 0.354 e. The zero-order valence-corrected chi connectivity index (χ0v) is 9.39. The Labute approximate surface area is 92.7 Å². The molecule has 0 fully saturated rings. The first-order chi connectivity index (χ1) is 7.38. The van der Waals surface area contributed by atoms with Gasteiger partial charge in [-0.1, -0.05) is 0 Å². The SMILES string of the molecule is CCOC(=O)C(C)=NN(C)C(=O)CC(=O)O. The zero-order chi connectivity index (χ0) is 12.7. The minimum atomic E-state index is -1.25. The number of aliphatic carboxylic acids is 1. The molecule has 0 atom stereocenters. The van der Waals surface area contributed by atoms with Crippen LogP contribution < -0.4 is 0 Å². The number of rotatable bonds is 5. The Morgan fingerprint density at radius 3 is 2.38 bits per heavy atom. The van der Waals surface area contributed by atoms with Gasteiger partial charge < -0.3 is 9.84 Å². The number of nitrogens with zero attached hydrogens (tertiary/aromatic N) is 2. The molecule has 0 unspecified atom stereocenters. The fraction of sp³-hybridized carbons (Fsp3) is 0.556. The second-order valence-corrected chi connectivity index (χ2v) is 2.89. The van der Waals surface area contributed by atoms with Gasteiger partial charge >= 0.3 is 11.9 Å². The van der Waals surface area contributed by atoms with Crippen LogP contribution in [0.1, 0.15) is 20.3 Å². The molecule has 0 aromatic rings. The topological polar surface area (TPSA) is 96.3 Å². The van der Waals surface area contributed by atoms with E-state index in [0.717, 1.165) is 5.01 Å². The van der Waals surface area contributed by atoms with Crippen molar-refractivity contribution in [2.75, 3.05) is 13.7 Å². The molecule has 90 valence electrons. The lowest BCUT2D eigenvalue weighted by Crippen LogP contribution is -2.27. The standard InChI is InChI=1S/C9H14N2O5/c1-4-16-9(15)6(2)10-11(3)7(12)5-8(13)14/h4-5H2,1-3H3,(H,13,14). The Bertz CT molecular complexity index is 324. The van der Waals surface area contributed by atoms with E-state index < -0.39 is 24.3 Å². The third kappa shape index (κ3) is 5.08. The van der Waals surface area contributed by atoms with Gasteiger partial charge in [0.05, 0.1) is 6.61 Å². The average Bonchev–Trinajstić information content (AvgIpc) is 2.16. The van der Waals surface area contributed by atoms with Crippen molar-refractivity contribution in [3.8, 4) is 0 Å². The van der Waals surface area contributed by atoms with Crippen LogP contribution in [0.3, 0.4) is 0 Å². The molecule has 0 aromatic heterocycles. The van der Waals surface area contributed by atoms with E-state index in [-0.39, 0.29) is 12.3 Å². The summed E-state index contributed by atoms with van der Waals surface area (Å²) >= 11 is 0. The molecule has 16 heavy (non-hydrogen) atoms. The van der Waals surface area contributed by atoms with Crippen LogP contribution in [0.25, 0.3) is 0 Å². The number of hydrazone groups is 1. The summed E-state index contributed by atoms with van der Waals surface area (Å²) in [5.74, 6) is -2.60. The summed E-state index contributed by atoms with van der Waals surface area (Å²) in [5, 5.41) is 12.8. The zero-order valence-electron chi connectivity index (χ0n) is 9.39. The van der Waals surface area contributed by atoms with Crippen LogP contribution in [-0.2, 0) is 19.1 Å². The highest BCUT2D eigenvalue weighted by atomic mass is 16.5. The van der Waals surface area contributed by atoms with Crippen LogP contribution in [0, 0.1) is 0 Å². The van der Waals surface area contributed by atoms with Crippen molar-refractivity contribution in [3.63, 3.8) is 0 Å². The predicted molar refractivity (Wildman–Crippen MR) is 54.8 cm³/mol. The number of carboxylic acid groups (broad SMARTS) is 1. The summed E-state index contributed by atoms with van der Waals surface area (Å²) in [5.41, 5.74) is -0.0110. The molecule has 0 aliphatic heterocycles. The van der Waals surface area contributed by atoms with Crippen LogP contribution in [-0.4, -0.2) is 47.3 Å². The van der Waals surface area contributed by atoms with Gasteiger partial charge in [0.1, 0.15) is 12.1 Å². The second-order valence-electron chi connectivity index (χ2n) is 2.89. The van der Waals surface area contributed by atoms with Gasteiger partial charge in [0.15, 0.2) is 0 Å². The van der Waals surface area contributed by atoms with E-state index >= 15 is 0 Å². The third-order valence-corrected chi connectivity index (χ3v) is 1.53. The van der Waals surface area contributed by atoms with Gasteiger partial charge in [0.25, 0.3) is 5.91 Å². The quantitative estimate of drug-likeness (QED) is 0.307. The maximum Gasteiger partial charge on any atom is 0.354 e. The number of ether oxygens (including phenoxy) is 1. The fourth-order valence-electron chi connectivity index (χ4n) is 0.801. The first-order valence-electron chi connectivity index (χ1n) is 4.59. The molecule has 0 aliphatic rings. The van der Waals surface area contributed by atoms with E-state index in [9.17, 15) is 14.4 Å². The average molecular weight is 230 g/mol. The van der Waals surface area contributed by atoms with Crippen molar-refractivity contribution < 1.29 is 24.2 Å². The normalized spacial score (nSPS) is 10.8. The number of carboxylic acids is 1. The van der Waals surface area contributed by atoms with Gasteiger partial charge in [0, 0.05) is 7.05 Å². The number of carbonyl (C=O) groups is 3. The molecule has 0 radical (unpaired) electrons. The van der Waals surface area contributed by atoms with Crippen LogP contribution in [0.5, 0.6) is 0 Å². The molecule has 0 rings (SSSR count). The molecule has 1 amide bonds. The Hall–Kier alpha value is -1.92. The van der Waals surface area contributed by atoms with Crippen molar-refractivity contribution >= 4 is 23.6 Å². The summed E-state index contributed by atoms with van der Waals surface area (Å²) in [6, 6.07) is 0. The number of hydrogen-bond acceptors (Lipinski definition) is 5. The largest absolute Gasteiger partial charge is 0.481 e. The number of amides is 1. The number of hydrogen-bond donors (Lipinski definition) is 1. The molecular weight excluding hydrogens is 216 g/mol. The van der Waals surface area contributed by atoms with Crippen LogP contribution >= 0.6 is 0 Å². The molecule has 7 heteroatoms. The van der Waals surface area contributed by atoms with Crippen LogP contribution in [0.4, 0.5) is 0 Å². The number of esters is 1. The second kappa shape index (κ2) is 6.54. The fourth-order valence-corrected chi connectivity index (χ4v) is 0.801. The maximum atomic E-state index is 11.2. The number of carbonyl (C=O) groups excluding carboxylic acids is 2. The molecule has 0 spiro atoms. The Kier molecular flexibility index (Phi) is 5.76. The highest BCUT2D eigenvalue weighted by Gasteiger charge is 2.14. The summed E-state index contributed by atoms with van der Waals surface area (Å²) < 4.78 is 4.64. The summed E-state index contributed by atoms with van der Waals surface area (Å²) in [7, 11) is 1.27. The molecule has 0 bridgehead atoms. The van der Waals surface area contributed by atoms with Crippen molar-refractivity contribution in [1.29, 1.82) is 0 Å². The molecule has 0 saturated carbocycles. The molecule has 0 heterocycles. The van der Waals surface area contributed by atoms with Gasteiger partial charge in [-0.3, -0.25) is 9.59 Å². The van der Waals surface area contributed by atoms with E-state index in [1.165, 1.54) is 14.0 Å². The van der Waals surface area contributed by atoms with Crippen molar-refractivity contribution in [2.24, 2.45) is 5.10 Å². The minimum Gasteiger partial charge on any atom is -0.481 e. The van der Waals surface area contributed by atoms with E-state index in [1.54, 1.807) is 6.92 Å². The van der Waals surface area contributed by atoms with Gasteiger partial charge in [-0.15, -0.1) is 0 Å². The first-order valence-corrected chi connectivity index (χ1v) is 4.59. The molecule has 7 nitrogen and oxygen atoms in total. The van der Waals surface area contributed by atoms with Gasteiger partial charge in [0.2, 0.25) is 0 Å². The summed E-state index contributed by atoms with van der Waals surface area (Å²) in [6.07, 6.45) is -0.671. The van der Waals surface area contributed by atoms with E-state index in [2.05, 4.69) is 9.84 Å². The van der Waals surface area contributed by atoms with Crippen LogP contribution in [0.2, 0.25) is 0 Å². The van der Waals surface area contributed by atoms with E-state index in [0.29, 0.717) is 0 Å². The van der Waals surface area contributed by atoms with E-state index in [4.69, 9.17) is 5.11 Å². The Morgan fingerprint density at radius 1 is 1.38 bits per heavy atom. The maximum absolute atomic E-state index is 11.2. The highest BCUT2D eigenvalue weighted by Crippen LogP contribution is 1.94. The van der Waals surface area contributed by atoms with Crippen molar-refractivity contribution in [2.45, 2.75) is 20.3 Å².